The van der Waals surface area contributed by atoms with Crippen LogP contribution in [0.1, 0.15) is 41.5 Å². The van der Waals surface area contributed by atoms with Crippen molar-refractivity contribution in [2.24, 2.45) is 0 Å². The van der Waals surface area contributed by atoms with Crippen molar-refractivity contribution in [3.8, 4) is 11.5 Å². The zero-order valence-corrected chi connectivity index (χ0v) is 17.2. The van der Waals surface area contributed by atoms with E-state index in [0.717, 1.165) is 34.9 Å². The second-order valence-corrected chi connectivity index (χ2v) is 8.35. The summed E-state index contributed by atoms with van der Waals surface area (Å²) in [6.45, 7) is 4.84. The van der Waals surface area contributed by atoms with E-state index < -0.39 is 0 Å². The van der Waals surface area contributed by atoms with Crippen LogP contribution in [0.25, 0.3) is 22.4 Å². The van der Waals surface area contributed by atoms with Crippen molar-refractivity contribution in [3.05, 3.63) is 57.8 Å². The summed E-state index contributed by atoms with van der Waals surface area (Å²) in [4.78, 5) is 15.0. The molecule has 6 nitrogen and oxygen atoms in total. The molecule has 0 saturated carbocycles. The van der Waals surface area contributed by atoms with E-state index >= 15 is 0 Å². The second kappa shape index (κ2) is 7.15. The van der Waals surface area contributed by atoms with E-state index in [-0.39, 0.29) is 11.9 Å². The van der Waals surface area contributed by atoms with Gasteiger partial charge in [0.1, 0.15) is 11.6 Å². The van der Waals surface area contributed by atoms with Gasteiger partial charge in [-0.05, 0) is 61.4 Å². The van der Waals surface area contributed by atoms with Crippen LogP contribution in [0.5, 0.6) is 0 Å². The fourth-order valence-corrected chi connectivity index (χ4v) is 4.56. The molecule has 1 unspecified atom stereocenters. The molecule has 29 heavy (non-hydrogen) atoms. The maximum atomic E-state index is 13.1. The molecular formula is C22H21N3O3S. The maximum absolute atomic E-state index is 13.1. The number of thiophene rings is 1. The van der Waals surface area contributed by atoms with Crippen molar-refractivity contribution in [2.45, 2.75) is 39.2 Å². The number of aryl methyl sites for hydroxylation is 2. The van der Waals surface area contributed by atoms with E-state index in [9.17, 15) is 4.79 Å². The fraction of sp³-hybridized carbons (Fsp3) is 0.318. The van der Waals surface area contributed by atoms with Gasteiger partial charge < -0.3 is 13.7 Å². The first-order valence-electron chi connectivity index (χ1n) is 9.73. The first-order chi connectivity index (χ1) is 14.1. The van der Waals surface area contributed by atoms with Gasteiger partial charge in [-0.3, -0.25) is 4.79 Å². The summed E-state index contributed by atoms with van der Waals surface area (Å²) in [6, 6.07) is 5.92. The molecule has 0 radical (unpaired) electrons. The number of carbonyl (C=O) groups excluding carboxylic acids is 1. The number of nitrogens with zero attached hydrogens (tertiary/aromatic N) is 3. The molecule has 1 saturated heterocycles. The molecule has 1 amide bonds. The van der Waals surface area contributed by atoms with Crippen LogP contribution in [0, 0.1) is 13.8 Å². The standard InChI is InChI=1S/C22H21N3O3S/c1-13-8-17-16(11-27-19(17)9-14(13)2)10-20(26)25-6-3-4-18(25)22-24-23-21(28-22)15-5-7-29-12-15/h5,7-9,11-12,18H,3-4,6,10H2,1-2H3. The normalized spacial score (nSPS) is 16.8. The third-order valence-corrected chi connectivity index (χ3v) is 6.36. The Bertz CT molecular complexity index is 1180. The number of amides is 1. The molecule has 0 aliphatic carbocycles. The van der Waals surface area contributed by atoms with E-state index in [1.54, 1.807) is 17.6 Å². The van der Waals surface area contributed by atoms with E-state index in [0.29, 0.717) is 24.7 Å². The minimum Gasteiger partial charge on any atom is -0.464 e. The highest BCUT2D eigenvalue weighted by Gasteiger charge is 2.34. The van der Waals surface area contributed by atoms with Gasteiger partial charge >= 0.3 is 0 Å². The molecule has 1 fully saturated rings. The quantitative estimate of drug-likeness (QED) is 0.472. The summed E-state index contributed by atoms with van der Waals surface area (Å²) in [7, 11) is 0. The van der Waals surface area contributed by atoms with Gasteiger partial charge in [-0.1, -0.05) is 0 Å². The molecule has 4 aromatic rings. The van der Waals surface area contributed by atoms with Crippen LogP contribution in [0.4, 0.5) is 0 Å². The minimum absolute atomic E-state index is 0.0590. The summed E-state index contributed by atoms with van der Waals surface area (Å²) in [6.07, 6.45) is 3.77. The molecule has 4 heterocycles. The number of benzene rings is 1. The molecular weight excluding hydrogens is 386 g/mol. The molecule has 7 heteroatoms. The van der Waals surface area contributed by atoms with E-state index in [1.807, 2.05) is 27.8 Å². The van der Waals surface area contributed by atoms with Gasteiger partial charge in [0.25, 0.3) is 0 Å². The summed E-state index contributed by atoms with van der Waals surface area (Å²) in [5.74, 6) is 1.08. The van der Waals surface area contributed by atoms with Crippen LogP contribution < -0.4 is 0 Å². The van der Waals surface area contributed by atoms with E-state index in [2.05, 4.69) is 30.1 Å². The van der Waals surface area contributed by atoms with Gasteiger partial charge in [-0.2, -0.15) is 11.3 Å². The molecule has 1 atom stereocenters. The third kappa shape index (κ3) is 3.25. The number of aromatic nitrogens is 2. The number of furan rings is 1. The monoisotopic (exact) mass is 407 g/mol. The van der Waals surface area contributed by atoms with Crippen molar-refractivity contribution in [3.63, 3.8) is 0 Å². The lowest BCUT2D eigenvalue weighted by molar-refractivity contribution is -0.131. The van der Waals surface area contributed by atoms with Crippen LogP contribution in [0.3, 0.4) is 0 Å². The Labute approximate surface area is 172 Å². The van der Waals surface area contributed by atoms with Crippen LogP contribution >= 0.6 is 11.3 Å². The first kappa shape index (κ1) is 18.1. The van der Waals surface area contributed by atoms with E-state index in [1.165, 1.54) is 11.1 Å². The highest BCUT2D eigenvalue weighted by atomic mass is 32.1. The van der Waals surface area contributed by atoms with Gasteiger partial charge in [-0.25, -0.2) is 0 Å². The van der Waals surface area contributed by atoms with Crippen LogP contribution in [-0.2, 0) is 11.2 Å². The Kier molecular flexibility index (Phi) is 4.47. The molecule has 3 aromatic heterocycles. The first-order valence-corrected chi connectivity index (χ1v) is 10.7. The lowest BCUT2D eigenvalue weighted by Crippen LogP contribution is -2.32. The zero-order chi connectivity index (χ0) is 20.0. The van der Waals surface area contributed by atoms with Crippen LogP contribution in [-0.4, -0.2) is 27.5 Å². The van der Waals surface area contributed by atoms with Crippen molar-refractivity contribution >= 4 is 28.2 Å². The molecule has 0 spiro atoms. The predicted molar refractivity (Wildman–Crippen MR) is 111 cm³/mol. The van der Waals surface area contributed by atoms with Gasteiger partial charge in [0, 0.05) is 28.4 Å². The maximum Gasteiger partial charge on any atom is 0.248 e. The predicted octanol–water partition coefficient (Wildman–Crippen LogP) is 5.07. The Morgan fingerprint density at radius 2 is 2.14 bits per heavy atom. The van der Waals surface area contributed by atoms with E-state index in [4.69, 9.17) is 8.83 Å². The van der Waals surface area contributed by atoms with Gasteiger partial charge in [0.2, 0.25) is 17.7 Å². The van der Waals surface area contributed by atoms with Gasteiger partial charge in [0.05, 0.1) is 12.7 Å². The molecule has 1 aliphatic rings. The Morgan fingerprint density at radius 3 is 2.97 bits per heavy atom. The van der Waals surface area contributed by atoms with Crippen LogP contribution in [0.2, 0.25) is 0 Å². The van der Waals surface area contributed by atoms with Crippen LogP contribution in [0.15, 0.2) is 44.1 Å². The smallest absolute Gasteiger partial charge is 0.248 e. The molecule has 1 aromatic carbocycles. The van der Waals surface area contributed by atoms with Crippen molar-refractivity contribution in [2.75, 3.05) is 6.54 Å². The topological polar surface area (TPSA) is 72.4 Å². The lowest BCUT2D eigenvalue weighted by atomic mass is 10.0. The highest BCUT2D eigenvalue weighted by molar-refractivity contribution is 7.08. The minimum atomic E-state index is -0.162. The SMILES string of the molecule is Cc1cc2occ(CC(=O)N3CCCC3c3nnc(-c4ccsc4)o3)c2cc1C. The number of hydrogen-bond acceptors (Lipinski definition) is 6. The second-order valence-electron chi connectivity index (χ2n) is 7.57. The summed E-state index contributed by atoms with van der Waals surface area (Å²) >= 11 is 1.58. The number of carbonyl (C=O) groups is 1. The van der Waals surface area contributed by atoms with Crippen molar-refractivity contribution < 1.29 is 13.6 Å². The molecule has 5 rings (SSSR count). The average Bonchev–Trinajstić information content (AvgIpc) is 3.49. The Balaban J connectivity index is 1.38. The molecule has 1 aliphatic heterocycles. The molecule has 148 valence electrons. The average molecular weight is 407 g/mol. The number of hydrogen-bond donors (Lipinski definition) is 0. The largest absolute Gasteiger partial charge is 0.464 e. The molecule has 0 N–H and O–H groups in total. The van der Waals surface area contributed by atoms with Crippen molar-refractivity contribution in [1.29, 1.82) is 0 Å². The highest BCUT2D eigenvalue weighted by Crippen LogP contribution is 2.34. The van der Waals surface area contributed by atoms with Gasteiger partial charge in [0.15, 0.2) is 0 Å². The number of likely N-dealkylation sites (tertiary alicyclic amines) is 1. The Morgan fingerprint density at radius 1 is 1.28 bits per heavy atom. The molecule has 0 bridgehead atoms. The lowest BCUT2D eigenvalue weighted by Gasteiger charge is -2.21. The summed E-state index contributed by atoms with van der Waals surface area (Å²) in [5, 5.41) is 13.4. The van der Waals surface area contributed by atoms with Crippen molar-refractivity contribution in [1.82, 2.24) is 15.1 Å². The fourth-order valence-electron chi connectivity index (χ4n) is 3.93. The number of fused-ring (bicyclic) bond motifs is 1. The Hall–Kier alpha value is -2.93. The third-order valence-electron chi connectivity index (χ3n) is 5.68. The summed E-state index contributed by atoms with van der Waals surface area (Å²) in [5.41, 5.74) is 5.04. The van der Waals surface area contributed by atoms with Gasteiger partial charge in [-0.15, -0.1) is 10.2 Å². The summed E-state index contributed by atoms with van der Waals surface area (Å²) < 4.78 is 11.6. The zero-order valence-electron chi connectivity index (χ0n) is 16.3. The number of rotatable bonds is 4.